The van der Waals surface area contributed by atoms with Crippen molar-refractivity contribution in [1.29, 1.82) is 0 Å². The molecule has 0 bridgehead atoms. The number of nitrogens with two attached hydrogens (primary N) is 1. The van der Waals surface area contributed by atoms with Gasteiger partial charge in [-0.2, -0.15) is 13.2 Å². The first-order valence-corrected chi connectivity index (χ1v) is 6.40. The lowest BCUT2D eigenvalue weighted by Crippen LogP contribution is -2.13. The van der Waals surface area contributed by atoms with E-state index >= 15 is 0 Å². The molecule has 3 nitrogen and oxygen atoms in total. The van der Waals surface area contributed by atoms with E-state index < -0.39 is 11.7 Å². The zero-order valence-electron chi connectivity index (χ0n) is 9.72. The van der Waals surface area contributed by atoms with Gasteiger partial charge in [-0.3, -0.25) is 0 Å². The molecule has 1 unspecified atom stereocenters. The van der Waals surface area contributed by atoms with Crippen LogP contribution in [0.3, 0.4) is 0 Å². The summed E-state index contributed by atoms with van der Waals surface area (Å²) in [7, 11) is 0. The Morgan fingerprint density at radius 1 is 1.26 bits per heavy atom. The van der Waals surface area contributed by atoms with E-state index in [0.717, 1.165) is 12.1 Å². The molecule has 0 aliphatic rings. The minimum absolute atomic E-state index is 0.376. The van der Waals surface area contributed by atoms with Crippen LogP contribution in [0, 0.1) is 0 Å². The Bertz CT molecular complexity index is 511. The molecule has 1 atom stereocenters. The van der Waals surface area contributed by atoms with Crippen LogP contribution in [-0.4, -0.2) is 10.7 Å². The van der Waals surface area contributed by atoms with Crippen molar-refractivity contribution in [3.8, 4) is 0 Å². The summed E-state index contributed by atoms with van der Waals surface area (Å²) >= 11 is 1.31. The minimum atomic E-state index is -4.32. The molecule has 2 rings (SSSR count). The lowest BCUT2D eigenvalue weighted by atomic mass is 10.1. The van der Waals surface area contributed by atoms with Gasteiger partial charge in [0.05, 0.1) is 11.8 Å². The number of hydrogen-bond donors (Lipinski definition) is 1. The predicted octanol–water partition coefficient (Wildman–Crippen LogP) is 3.49. The summed E-state index contributed by atoms with van der Waals surface area (Å²) in [6.07, 6.45) is -1.35. The Labute approximate surface area is 112 Å². The average Bonchev–Trinajstić information content (AvgIpc) is 2.88. The van der Waals surface area contributed by atoms with E-state index in [-0.39, 0.29) is 6.04 Å². The second-order valence-electron chi connectivity index (χ2n) is 3.84. The molecule has 1 aromatic carbocycles. The van der Waals surface area contributed by atoms with Gasteiger partial charge in [0.25, 0.3) is 5.22 Å². The highest BCUT2D eigenvalue weighted by molar-refractivity contribution is 7.99. The average molecular weight is 288 g/mol. The Hall–Kier alpha value is -1.47. The van der Waals surface area contributed by atoms with Gasteiger partial charge in [0.15, 0.2) is 0 Å². The molecule has 102 valence electrons. The summed E-state index contributed by atoms with van der Waals surface area (Å²) < 4.78 is 42.2. The smallest absolute Gasteiger partial charge is 0.416 e. The van der Waals surface area contributed by atoms with E-state index in [2.05, 4.69) is 4.98 Å². The maximum absolute atomic E-state index is 12.4. The molecule has 0 aliphatic heterocycles. The van der Waals surface area contributed by atoms with Gasteiger partial charge in [-0.25, -0.2) is 4.98 Å². The van der Waals surface area contributed by atoms with Crippen LogP contribution in [0.2, 0.25) is 0 Å². The van der Waals surface area contributed by atoms with E-state index in [0.29, 0.717) is 16.5 Å². The Morgan fingerprint density at radius 3 is 2.47 bits per heavy atom. The van der Waals surface area contributed by atoms with Crippen LogP contribution in [0.4, 0.5) is 13.2 Å². The number of aromatic nitrogens is 1. The number of alkyl halides is 3. The van der Waals surface area contributed by atoms with Gasteiger partial charge in [-0.1, -0.05) is 23.9 Å². The normalized spacial score (nSPS) is 13.5. The van der Waals surface area contributed by atoms with Crippen LogP contribution in [0.1, 0.15) is 17.2 Å². The van der Waals surface area contributed by atoms with Gasteiger partial charge >= 0.3 is 6.18 Å². The van der Waals surface area contributed by atoms with E-state index in [4.69, 9.17) is 10.2 Å². The first kappa shape index (κ1) is 14.0. The van der Waals surface area contributed by atoms with Crippen LogP contribution >= 0.6 is 11.8 Å². The number of rotatable bonds is 4. The SMILES string of the molecule is NC(CSc1ncco1)c1ccc(C(F)(F)F)cc1. The molecule has 0 aliphatic carbocycles. The van der Waals surface area contributed by atoms with Crippen molar-refractivity contribution in [3.05, 3.63) is 47.9 Å². The second kappa shape index (κ2) is 5.66. The molecule has 2 N–H and O–H groups in total. The highest BCUT2D eigenvalue weighted by atomic mass is 32.2. The molecule has 0 saturated carbocycles. The van der Waals surface area contributed by atoms with Crippen molar-refractivity contribution >= 4 is 11.8 Å². The van der Waals surface area contributed by atoms with E-state index in [1.807, 2.05) is 0 Å². The molecule has 0 fully saturated rings. The lowest BCUT2D eigenvalue weighted by Gasteiger charge is -2.12. The molecule has 2 aromatic rings. The quantitative estimate of drug-likeness (QED) is 0.875. The van der Waals surface area contributed by atoms with Crippen LogP contribution in [0.15, 0.2) is 46.4 Å². The molecular formula is C12H11F3N2OS. The Kier molecular flexibility index (Phi) is 4.16. The number of oxazole rings is 1. The van der Waals surface area contributed by atoms with E-state index in [1.165, 1.54) is 36.4 Å². The third-order valence-corrected chi connectivity index (χ3v) is 3.44. The molecule has 0 spiro atoms. The summed E-state index contributed by atoms with van der Waals surface area (Å²) in [5.41, 5.74) is 5.87. The second-order valence-corrected chi connectivity index (χ2v) is 4.81. The van der Waals surface area contributed by atoms with Crippen LogP contribution in [0.25, 0.3) is 0 Å². The third kappa shape index (κ3) is 3.74. The van der Waals surface area contributed by atoms with E-state index in [9.17, 15) is 13.2 Å². The highest BCUT2D eigenvalue weighted by Crippen LogP contribution is 2.30. The van der Waals surface area contributed by atoms with Gasteiger partial charge in [0.1, 0.15) is 6.26 Å². The molecular weight excluding hydrogens is 277 g/mol. The summed E-state index contributed by atoms with van der Waals surface area (Å²) in [4.78, 5) is 3.92. The van der Waals surface area contributed by atoms with Crippen LogP contribution in [-0.2, 0) is 6.18 Å². The monoisotopic (exact) mass is 288 g/mol. The highest BCUT2D eigenvalue weighted by Gasteiger charge is 2.30. The molecule has 0 amide bonds. The van der Waals surface area contributed by atoms with E-state index in [1.54, 1.807) is 0 Å². The van der Waals surface area contributed by atoms with Gasteiger partial charge in [0, 0.05) is 11.8 Å². The first-order valence-electron chi connectivity index (χ1n) is 5.42. The number of nitrogens with zero attached hydrogens (tertiary/aromatic N) is 1. The van der Waals surface area contributed by atoms with Gasteiger partial charge in [-0.15, -0.1) is 0 Å². The third-order valence-electron chi connectivity index (χ3n) is 2.46. The zero-order chi connectivity index (χ0) is 13.9. The maximum Gasteiger partial charge on any atom is 0.416 e. The zero-order valence-corrected chi connectivity index (χ0v) is 10.5. The van der Waals surface area contributed by atoms with Gasteiger partial charge in [0.2, 0.25) is 0 Å². The number of thioether (sulfide) groups is 1. The molecule has 1 heterocycles. The predicted molar refractivity (Wildman–Crippen MR) is 65.6 cm³/mol. The van der Waals surface area contributed by atoms with Gasteiger partial charge in [-0.05, 0) is 17.7 Å². The first-order chi connectivity index (χ1) is 8.97. The minimum Gasteiger partial charge on any atom is -0.440 e. The van der Waals surface area contributed by atoms with Gasteiger partial charge < -0.3 is 10.2 Å². The van der Waals surface area contributed by atoms with Crippen molar-refractivity contribution in [2.75, 3.05) is 5.75 Å². The van der Waals surface area contributed by atoms with Crippen molar-refractivity contribution < 1.29 is 17.6 Å². The fourth-order valence-corrected chi connectivity index (χ4v) is 2.23. The number of benzene rings is 1. The number of hydrogen-bond acceptors (Lipinski definition) is 4. The van der Waals surface area contributed by atoms with Crippen molar-refractivity contribution in [2.45, 2.75) is 17.4 Å². The van der Waals surface area contributed by atoms with Crippen molar-refractivity contribution in [1.82, 2.24) is 4.98 Å². The number of halogens is 3. The fraction of sp³-hybridized carbons (Fsp3) is 0.250. The maximum atomic E-state index is 12.4. The summed E-state index contributed by atoms with van der Waals surface area (Å²) in [6.45, 7) is 0. The van der Waals surface area contributed by atoms with Crippen LogP contribution < -0.4 is 5.73 Å². The topological polar surface area (TPSA) is 52.0 Å². The summed E-state index contributed by atoms with van der Waals surface area (Å²) in [5, 5.41) is 0.488. The van der Waals surface area contributed by atoms with Crippen molar-refractivity contribution in [3.63, 3.8) is 0 Å². The Balaban J connectivity index is 1.97. The van der Waals surface area contributed by atoms with Crippen molar-refractivity contribution in [2.24, 2.45) is 5.73 Å². The molecule has 0 radical (unpaired) electrons. The molecule has 0 saturated heterocycles. The molecule has 19 heavy (non-hydrogen) atoms. The summed E-state index contributed by atoms with van der Waals surface area (Å²) in [5.74, 6) is 0.478. The largest absolute Gasteiger partial charge is 0.440 e. The fourth-order valence-electron chi connectivity index (χ4n) is 1.46. The molecule has 7 heteroatoms. The van der Waals surface area contributed by atoms with Crippen LogP contribution in [0.5, 0.6) is 0 Å². The lowest BCUT2D eigenvalue weighted by molar-refractivity contribution is -0.137. The molecule has 1 aromatic heterocycles. The Morgan fingerprint density at radius 2 is 1.95 bits per heavy atom. The summed E-state index contributed by atoms with van der Waals surface area (Å²) in [6, 6.07) is 4.47. The standard InChI is InChI=1S/C12H11F3N2OS/c13-12(14,15)9-3-1-8(2-4-9)10(16)7-19-11-17-5-6-18-11/h1-6,10H,7,16H2.